The zero-order chi connectivity index (χ0) is 25.8. The summed E-state index contributed by atoms with van der Waals surface area (Å²) in [6.45, 7) is -0.501. The number of nitrogens with one attached hydrogen (secondary N) is 2. The highest BCUT2D eigenvalue weighted by molar-refractivity contribution is 6.39. The van der Waals surface area contributed by atoms with Gasteiger partial charge >= 0.3 is 6.03 Å². The maximum atomic E-state index is 13.8. The van der Waals surface area contributed by atoms with Crippen LogP contribution >= 0.6 is 23.2 Å². The third-order valence-electron chi connectivity index (χ3n) is 4.95. The summed E-state index contributed by atoms with van der Waals surface area (Å²) in [5, 5.41) is 5.04. The Morgan fingerprint density at radius 1 is 1.00 bits per heavy atom. The van der Waals surface area contributed by atoms with Crippen LogP contribution in [0, 0.1) is 5.82 Å². The second-order valence-corrected chi connectivity index (χ2v) is 8.31. The monoisotopic (exact) mass is 527 g/mol. The van der Waals surface area contributed by atoms with Crippen molar-refractivity contribution >= 4 is 64.4 Å². The lowest BCUT2D eigenvalue weighted by Crippen LogP contribution is -2.54. The Bertz CT molecular complexity index is 1430. The maximum Gasteiger partial charge on any atom is 0.335 e. The normalized spacial score (nSPS) is 14.6. The average Bonchev–Trinajstić information content (AvgIpc) is 2.82. The molecule has 1 saturated heterocycles. The van der Waals surface area contributed by atoms with E-state index in [0.717, 1.165) is 4.90 Å². The van der Waals surface area contributed by atoms with Gasteiger partial charge in [0, 0.05) is 15.6 Å². The maximum absolute atomic E-state index is 13.8. The molecule has 3 aromatic carbocycles. The number of para-hydroxylation sites is 1. The third kappa shape index (κ3) is 5.54. The van der Waals surface area contributed by atoms with Crippen molar-refractivity contribution in [2.75, 3.05) is 16.8 Å². The molecule has 1 heterocycles. The van der Waals surface area contributed by atoms with E-state index in [-0.39, 0.29) is 38.3 Å². The molecule has 0 saturated carbocycles. The largest absolute Gasteiger partial charge is 0.483 e. The molecule has 0 unspecified atom stereocenters. The minimum absolute atomic E-state index is 0.0141. The lowest BCUT2D eigenvalue weighted by atomic mass is 10.1. The van der Waals surface area contributed by atoms with Gasteiger partial charge in [0.05, 0.1) is 11.4 Å². The van der Waals surface area contributed by atoms with E-state index in [1.807, 2.05) is 0 Å². The molecule has 11 heteroatoms. The van der Waals surface area contributed by atoms with E-state index in [1.165, 1.54) is 54.6 Å². The summed E-state index contributed by atoms with van der Waals surface area (Å²) in [4.78, 5) is 51.0. The number of halogens is 3. The Morgan fingerprint density at radius 3 is 2.50 bits per heavy atom. The summed E-state index contributed by atoms with van der Waals surface area (Å²) in [7, 11) is 0. The van der Waals surface area contributed by atoms with E-state index in [4.69, 9.17) is 27.9 Å². The summed E-state index contributed by atoms with van der Waals surface area (Å²) < 4.78 is 19.3. The first kappa shape index (κ1) is 24.9. The second kappa shape index (κ2) is 10.6. The number of rotatable bonds is 6. The van der Waals surface area contributed by atoms with Crippen LogP contribution in [0.25, 0.3) is 6.08 Å². The minimum Gasteiger partial charge on any atom is -0.483 e. The molecule has 2 N–H and O–H groups in total. The van der Waals surface area contributed by atoms with Gasteiger partial charge in [-0.1, -0.05) is 41.4 Å². The average molecular weight is 528 g/mol. The Morgan fingerprint density at radius 2 is 1.75 bits per heavy atom. The van der Waals surface area contributed by atoms with Crippen LogP contribution in [0.5, 0.6) is 5.75 Å². The first-order chi connectivity index (χ1) is 17.2. The van der Waals surface area contributed by atoms with Crippen molar-refractivity contribution in [1.29, 1.82) is 0 Å². The number of barbiturate groups is 1. The molecule has 3 aromatic rings. The van der Waals surface area contributed by atoms with Gasteiger partial charge in [0.2, 0.25) is 0 Å². The van der Waals surface area contributed by atoms with E-state index in [2.05, 4.69) is 10.6 Å². The van der Waals surface area contributed by atoms with Gasteiger partial charge in [-0.2, -0.15) is 0 Å². The number of imide groups is 2. The number of ether oxygens (including phenoxy) is 1. The van der Waals surface area contributed by atoms with E-state index in [0.29, 0.717) is 0 Å². The Balaban J connectivity index is 1.59. The molecule has 36 heavy (non-hydrogen) atoms. The van der Waals surface area contributed by atoms with Crippen molar-refractivity contribution < 1.29 is 28.3 Å². The predicted octanol–water partition coefficient (Wildman–Crippen LogP) is 4.82. The van der Waals surface area contributed by atoms with E-state index < -0.39 is 36.2 Å². The molecule has 182 valence electrons. The number of anilines is 2. The van der Waals surface area contributed by atoms with Crippen molar-refractivity contribution in [3.05, 3.63) is 93.7 Å². The van der Waals surface area contributed by atoms with E-state index in [1.54, 1.807) is 18.2 Å². The number of benzene rings is 3. The van der Waals surface area contributed by atoms with Gasteiger partial charge in [-0.25, -0.2) is 14.1 Å². The topological polar surface area (TPSA) is 105 Å². The molecule has 0 radical (unpaired) electrons. The van der Waals surface area contributed by atoms with Crippen LogP contribution in [-0.2, 0) is 14.4 Å². The Kier molecular flexibility index (Phi) is 7.33. The SMILES string of the molecule is O=C(COc1ccc(Cl)cc1/C=C1\C(=O)NC(=O)N(c2cccc(Cl)c2)C1=O)Nc1ccccc1F. The molecule has 0 atom stereocenters. The van der Waals surface area contributed by atoms with E-state index in [9.17, 15) is 23.6 Å². The standard InChI is InChI=1S/C25H16Cl2FN3O5/c26-15-4-3-5-17(12-15)31-24(34)18(23(33)30-25(31)35)11-14-10-16(27)8-9-21(14)36-13-22(32)29-20-7-2-1-6-19(20)28/h1-12H,13H2,(H,29,32)(H,30,33,35)/b18-11+. The van der Waals surface area contributed by atoms with Crippen LogP contribution in [-0.4, -0.2) is 30.4 Å². The molecule has 1 fully saturated rings. The fraction of sp³-hybridized carbons (Fsp3) is 0.0400. The quantitative estimate of drug-likeness (QED) is 0.353. The summed E-state index contributed by atoms with van der Waals surface area (Å²) >= 11 is 12.1. The number of hydrogen-bond donors (Lipinski definition) is 2. The fourth-order valence-electron chi connectivity index (χ4n) is 3.32. The number of carbonyl (C=O) groups is 4. The van der Waals surface area contributed by atoms with Crippen molar-refractivity contribution in [2.24, 2.45) is 0 Å². The third-order valence-corrected chi connectivity index (χ3v) is 5.42. The number of amides is 5. The van der Waals surface area contributed by atoms with Gasteiger partial charge in [0.1, 0.15) is 17.1 Å². The minimum atomic E-state index is -0.934. The first-order valence-electron chi connectivity index (χ1n) is 10.4. The molecule has 4 rings (SSSR count). The van der Waals surface area contributed by atoms with Gasteiger partial charge in [0.25, 0.3) is 17.7 Å². The van der Waals surface area contributed by atoms with Crippen LogP contribution in [0.2, 0.25) is 10.0 Å². The van der Waals surface area contributed by atoms with Gasteiger partial charge in [-0.05, 0) is 54.6 Å². The molecule has 1 aliphatic heterocycles. The van der Waals surface area contributed by atoms with Gasteiger partial charge < -0.3 is 10.1 Å². The molecule has 5 amide bonds. The van der Waals surface area contributed by atoms with Crippen molar-refractivity contribution in [3.63, 3.8) is 0 Å². The van der Waals surface area contributed by atoms with Crippen molar-refractivity contribution in [3.8, 4) is 5.75 Å². The highest BCUT2D eigenvalue weighted by atomic mass is 35.5. The lowest BCUT2D eigenvalue weighted by Gasteiger charge is -2.26. The smallest absolute Gasteiger partial charge is 0.335 e. The summed E-state index contributed by atoms with van der Waals surface area (Å²) in [6, 6.07) is 15.0. The number of urea groups is 1. The molecule has 1 aliphatic rings. The molecule has 0 spiro atoms. The highest BCUT2D eigenvalue weighted by Crippen LogP contribution is 2.29. The van der Waals surface area contributed by atoms with Crippen LogP contribution in [0.3, 0.4) is 0 Å². The number of carbonyl (C=O) groups excluding carboxylic acids is 4. The van der Waals surface area contributed by atoms with Gasteiger partial charge in [0.15, 0.2) is 6.61 Å². The molecule has 0 aromatic heterocycles. The fourth-order valence-corrected chi connectivity index (χ4v) is 3.68. The number of nitrogens with zero attached hydrogens (tertiary/aromatic N) is 1. The molecule has 8 nitrogen and oxygen atoms in total. The number of hydrogen-bond acceptors (Lipinski definition) is 5. The van der Waals surface area contributed by atoms with E-state index >= 15 is 0 Å². The second-order valence-electron chi connectivity index (χ2n) is 7.44. The van der Waals surface area contributed by atoms with Crippen LogP contribution < -0.4 is 20.3 Å². The Labute approximate surface area is 214 Å². The highest BCUT2D eigenvalue weighted by Gasteiger charge is 2.37. The first-order valence-corrected chi connectivity index (χ1v) is 11.1. The van der Waals surface area contributed by atoms with Gasteiger partial charge in [-0.15, -0.1) is 0 Å². The van der Waals surface area contributed by atoms with Crippen molar-refractivity contribution in [1.82, 2.24) is 5.32 Å². The molecular weight excluding hydrogens is 512 g/mol. The summed E-state index contributed by atoms with van der Waals surface area (Å²) in [6.07, 6.45) is 1.19. The molecular formula is C25H16Cl2FN3O5. The van der Waals surface area contributed by atoms with Crippen LogP contribution in [0.4, 0.5) is 20.6 Å². The molecule has 0 bridgehead atoms. The summed E-state index contributed by atoms with van der Waals surface area (Å²) in [5.74, 6) is -2.95. The zero-order valence-electron chi connectivity index (χ0n) is 18.3. The van der Waals surface area contributed by atoms with Crippen molar-refractivity contribution in [2.45, 2.75) is 0 Å². The van der Waals surface area contributed by atoms with Gasteiger partial charge in [-0.3, -0.25) is 19.7 Å². The Hall–Kier alpha value is -4.21. The van der Waals surface area contributed by atoms with Crippen LogP contribution in [0.1, 0.15) is 5.56 Å². The zero-order valence-corrected chi connectivity index (χ0v) is 19.8. The molecule has 0 aliphatic carbocycles. The van der Waals surface area contributed by atoms with Crippen LogP contribution in [0.15, 0.2) is 72.3 Å². The lowest BCUT2D eigenvalue weighted by molar-refractivity contribution is -0.122. The predicted molar refractivity (Wildman–Crippen MR) is 132 cm³/mol. The summed E-state index contributed by atoms with van der Waals surface area (Å²) in [5.41, 5.74) is -0.0341.